The van der Waals surface area contributed by atoms with E-state index >= 15 is 0 Å². The Bertz CT molecular complexity index is 1490. The number of hydrogen-bond donors (Lipinski definition) is 3. The highest BCUT2D eigenvalue weighted by Crippen LogP contribution is 2.41. The lowest BCUT2D eigenvalue weighted by Crippen LogP contribution is -2.29. The molecule has 4 N–H and O–H groups in total. The van der Waals surface area contributed by atoms with Gasteiger partial charge in [-0.15, -0.1) is 0 Å². The standard InChI is InChI=1S/C30H32N2O3/c1-18-15-21-8-7-19(11-13-30(5,6)31)16-23(21)26(22-10-9-20-12-14-32-24(20)17-22)25(18)27(28(33)34)35-29(2,3)4/h7-10,12,14-17,27,32H,31H2,1-6H3,(H,33,34). The van der Waals surface area contributed by atoms with Crippen molar-refractivity contribution in [2.45, 2.75) is 58.8 Å². The molecule has 4 aromatic rings. The SMILES string of the molecule is Cc1cc2ccc(C#CC(C)(C)N)cc2c(-c2ccc3cc[nH]c3c2)c1C(OC(C)(C)C)C(=O)O. The summed E-state index contributed by atoms with van der Waals surface area (Å²) in [6, 6.07) is 16.2. The molecule has 0 aliphatic carbocycles. The zero-order valence-corrected chi connectivity index (χ0v) is 21.1. The van der Waals surface area contributed by atoms with Gasteiger partial charge in [0.05, 0.1) is 11.1 Å². The van der Waals surface area contributed by atoms with Crippen LogP contribution in [-0.2, 0) is 9.53 Å². The number of rotatable bonds is 4. The number of benzene rings is 3. The molecule has 3 aromatic carbocycles. The zero-order valence-electron chi connectivity index (χ0n) is 21.1. The highest BCUT2D eigenvalue weighted by Gasteiger charge is 2.31. The van der Waals surface area contributed by atoms with Crippen molar-refractivity contribution in [2.75, 3.05) is 0 Å². The van der Waals surface area contributed by atoms with Gasteiger partial charge in [-0.1, -0.05) is 36.1 Å². The van der Waals surface area contributed by atoms with Crippen LogP contribution in [0.1, 0.15) is 57.4 Å². The van der Waals surface area contributed by atoms with Crippen LogP contribution in [0, 0.1) is 18.8 Å². The van der Waals surface area contributed by atoms with Crippen LogP contribution in [0.4, 0.5) is 0 Å². The Kier molecular flexibility index (Phi) is 6.23. The molecule has 0 aliphatic rings. The maximum Gasteiger partial charge on any atom is 0.337 e. The molecule has 0 radical (unpaired) electrons. The topological polar surface area (TPSA) is 88.3 Å². The molecule has 1 unspecified atom stereocenters. The molecule has 180 valence electrons. The van der Waals surface area contributed by atoms with E-state index in [-0.39, 0.29) is 0 Å². The highest BCUT2D eigenvalue weighted by atomic mass is 16.5. The Balaban J connectivity index is 2.08. The number of aliphatic carboxylic acids is 1. The van der Waals surface area contributed by atoms with Gasteiger partial charge in [0.25, 0.3) is 0 Å². The smallest absolute Gasteiger partial charge is 0.337 e. The molecule has 1 heterocycles. The molecule has 0 fully saturated rings. The molecule has 0 bridgehead atoms. The van der Waals surface area contributed by atoms with Gasteiger partial charge in [0.2, 0.25) is 0 Å². The molecular weight excluding hydrogens is 436 g/mol. The van der Waals surface area contributed by atoms with E-state index in [2.05, 4.69) is 22.9 Å². The summed E-state index contributed by atoms with van der Waals surface area (Å²) < 4.78 is 6.12. The summed E-state index contributed by atoms with van der Waals surface area (Å²) in [6.07, 6.45) is 0.765. The number of carbonyl (C=O) groups is 1. The van der Waals surface area contributed by atoms with Crippen LogP contribution in [0.25, 0.3) is 32.8 Å². The number of fused-ring (bicyclic) bond motifs is 2. The Labute approximate surface area is 206 Å². The van der Waals surface area contributed by atoms with E-state index in [1.54, 1.807) is 0 Å². The minimum absolute atomic E-state index is 0.621. The molecule has 5 heteroatoms. The van der Waals surface area contributed by atoms with Gasteiger partial charge in [0, 0.05) is 22.8 Å². The van der Waals surface area contributed by atoms with E-state index in [0.717, 1.165) is 43.9 Å². The number of carboxylic acid groups (broad SMARTS) is 1. The fourth-order valence-corrected chi connectivity index (χ4v) is 4.30. The molecule has 35 heavy (non-hydrogen) atoms. The third-order valence-electron chi connectivity index (χ3n) is 5.72. The predicted molar refractivity (Wildman–Crippen MR) is 142 cm³/mol. The summed E-state index contributed by atoms with van der Waals surface area (Å²) >= 11 is 0. The summed E-state index contributed by atoms with van der Waals surface area (Å²) in [6.45, 7) is 11.3. The van der Waals surface area contributed by atoms with Gasteiger partial charge < -0.3 is 20.6 Å². The van der Waals surface area contributed by atoms with E-state index in [1.165, 1.54) is 0 Å². The number of carboxylic acids is 1. The Hall–Kier alpha value is -3.59. The number of nitrogens with one attached hydrogen (secondary N) is 1. The average molecular weight is 469 g/mol. The largest absolute Gasteiger partial charge is 0.479 e. The number of aromatic amines is 1. The summed E-state index contributed by atoms with van der Waals surface area (Å²) in [5.74, 6) is 5.24. The van der Waals surface area contributed by atoms with Crippen molar-refractivity contribution in [3.05, 3.63) is 71.4 Å². The Morgan fingerprint density at radius 3 is 2.40 bits per heavy atom. The second-order valence-electron chi connectivity index (χ2n) is 10.6. The molecule has 0 saturated heterocycles. The van der Waals surface area contributed by atoms with Gasteiger partial charge in [-0.05, 0) is 98.7 Å². The maximum absolute atomic E-state index is 12.5. The van der Waals surface area contributed by atoms with Crippen molar-refractivity contribution >= 4 is 27.6 Å². The summed E-state index contributed by atoms with van der Waals surface area (Å²) in [7, 11) is 0. The number of H-pyrrole nitrogens is 1. The summed E-state index contributed by atoms with van der Waals surface area (Å²) in [5.41, 5.74) is 9.86. The average Bonchev–Trinajstić information content (AvgIpc) is 3.22. The van der Waals surface area contributed by atoms with Gasteiger partial charge in [-0.25, -0.2) is 4.79 Å². The van der Waals surface area contributed by atoms with Crippen LogP contribution in [-0.4, -0.2) is 27.2 Å². The third kappa shape index (κ3) is 5.40. The molecule has 4 rings (SSSR count). The normalized spacial score (nSPS) is 13.0. The van der Waals surface area contributed by atoms with Crippen molar-refractivity contribution < 1.29 is 14.6 Å². The second-order valence-corrected chi connectivity index (χ2v) is 10.6. The first-order chi connectivity index (χ1) is 16.3. The van der Waals surface area contributed by atoms with Crippen LogP contribution >= 0.6 is 0 Å². The van der Waals surface area contributed by atoms with Gasteiger partial charge in [0.1, 0.15) is 0 Å². The number of ether oxygens (including phenoxy) is 1. The van der Waals surface area contributed by atoms with Gasteiger partial charge in [0.15, 0.2) is 6.10 Å². The van der Waals surface area contributed by atoms with Gasteiger partial charge >= 0.3 is 5.97 Å². The van der Waals surface area contributed by atoms with E-state index in [9.17, 15) is 9.90 Å². The van der Waals surface area contributed by atoms with E-state index in [0.29, 0.717) is 5.56 Å². The minimum Gasteiger partial charge on any atom is -0.479 e. The minimum atomic E-state index is -1.13. The van der Waals surface area contributed by atoms with Crippen molar-refractivity contribution in [2.24, 2.45) is 5.73 Å². The Morgan fingerprint density at radius 2 is 1.74 bits per heavy atom. The van der Waals surface area contributed by atoms with Crippen LogP contribution in [0.3, 0.4) is 0 Å². The molecular formula is C30H32N2O3. The molecule has 1 aromatic heterocycles. The molecule has 5 nitrogen and oxygen atoms in total. The fourth-order valence-electron chi connectivity index (χ4n) is 4.30. The van der Waals surface area contributed by atoms with Crippen molar-refractivity contribution in [1.29, 1.82) is 0 Å². The van der Waals surface area contributed by atoms with Gasteiger partial charge in [-0.2, -0.15) is 0 Å². The van der Waals surface area contributed by atoms with Crippen molar-refractivity contribution in [3.63, 3.8) is 0 Å². The van der Waals surface area contributed by atoms with Gasteiger partial charge in [-0.3, -0.25) is 0 Å². The molecule has 0 aliphatic heterocycles. The summed E-state index contributed by atoms with van der Waals surface area (Å²) in [5, 5.41) is 13.3. The van der Waals surface area contributed by atoms with E-state index in [4.69, 9.17) is 10.5 Å². The zero-order chi connectivity index (χ0) is 25.5. The number of aromatic nitrogens is 1. The van der Waals surface area contributed by atoms with E-state index in [1.807, 2.05) is 90.2 Å². The number of nitrogens with two attached hydrogens (primary N) is 1. The lowest BCUT2D eigenvalue weighted by atomic mass is 9.86. The Morgan fingerprint density at radius 1 is 1.03 bits per heavy atom. The second kappa shape index (κ2) is 8.88. The first-order valence-corrected chi connectivity index (χ1v) is 11.7. The third-order valence-corrected chi connectivity index (χ3v) is 5.72. The quantitative estimate of drug-likeness (QED) is 0.306. The number of aryl methyl sites for hydroxylation is 1. The van der Waals surface area contributed by atoms with E-state index < -0.39 is 23.2 Å². The molecule has 0 saturated carbocycles. The first-order valence-electron chi connectivity index (χ1n) is 11.7. The van der Waals surface area contributed by atoms with Crippen molar-refractivity contribution in [1.82, 2.24) is 4.98 Å². The van der Waals surface area contributed by atoms with Crippen LogP contribution < -0.4 is 5.73 Å². The first kappa shape index (κ1) is 24.5. The van der Waals surface area contributed by atoms with Crippen LogP contribution in [0.5, 0.6) is 0 Å². The monoisotopic (exact) mass is 468 g/mol. The molecule has 0 spiro atoms. The maximum atomic E-state index is 12.5. The predicted octanol–water partition coefficient (Wildman–Crippen LogP) is 6.33. The molecule has 1 atom stereocenters. The number of hydrogen-bond acceptors (Lipinski definition) is 3. The van der Waals surface area contributed by atoms with Crippen molar-refractivity contribution in [3.8, 4) is 23.0 Å². The molecule has 0 amide bonds. The lowest BCUT2D eigenvalue weighted by molar-refractivity contribution is -0.160. The van der Waals surface area contributed by atoms with Crippen LogP contribution in [0.15, 0.2) is 54.7 Å². The highest BCUT2D eigenvalue weighted by molar-refractivity contribution is 6.03. The lowest BCUT2D eigenvalue weighted by Gasteiger charge is -2.28. The summed E-state index contributed by atoms with van der Waals surface area (Å²) in [4.78, 5) is 15.8. The fraction of sp³-hybridized carbons (Fsp3) is 0.300. The van der Waals surface area contributed by atoms with Crippen LogP contribution in [0.2, 0.25) is 0 Å².